The molecule has 1 unspecified atom stereocenters. The molecule has 2 aliphatic heterocycles. The van der Waals surface area contributed by atoms with E-state index in [2.05, 4.69) is 29.1 Å². The average molecular weight is 398 g/mol. The molecule has 0 radical (unpaired) electrons. The minimum absolute atomic E-state index is 0.316. The predicted octanol–water partition coefficient (Wildman–Crippen LogP) is 4.17. The highest BCUT2D eigenvalue weighted by atomic mass is 19.4. The van der Waals surface area contributed by atoms with Gasteiger partial charge in [-0.15, -0.1) is 0 Å². The normalized spacial score (nSPS) is 22.5. The van der Waals surface area contributed by atoms with Crippen LogP contribution in [0.5, 0.6) is 0 Å². The summed E-state index contributed by atoms with van der Waals surface area (Å²) in [5.41, 5.74) is 0.398. The summed E-state index contributed by atoms with van der Waals surface area (Å²) in [6, 6.07) is 7.21. The van der Waals surface area contributed by atoms with E-state index in [1.807, 2.05) is 0 Å². The molecule has 1 aromatic rings. The van der Waals surface area contributed by atoms with Gasteiger partial charge in [0.1, 0.15) is 0 Å². The van der Waals surface area contributed by atoms with Gasteiger partial charge in [-0.3, -0.25) is 0 Å². The number of hydrogen-bond donors (Lipinski definition) is 1. The largest absolute Gasteiger partial charge is 0.416 e. The first-order valence-corrected chi connectivity index (χ1v) is 10.7. The highest BCUT2D eigenvalue weighted by molar-refractivity contribution is 5.25. The van der Waals surface area contributed by atoms with Gasteiger partial charge in [0, 0.05) is 18.1 Å². The Kier molecular flexibility index (Phi) is 7.40. The number of nitrogens with zero attached hydrogens (tertiary/aromatic N) is 2. The van der Waals surface area contributed by atoms with E-state index < -0.39 is 11.7 Å². The molecule has 0 bridgehead atoms. The second-order valence-corrected chi connectivity index (χ2v) is 8.52. The molecule has 0 aliphatic carbocycles. The molecule has 2 fully saturated rings. The third-order valence-electron chi connectivity index (χ3n) is 6.46. The topological polar surface area (TPSA) is 18.5 Å². The maximum absolute atomic E-state index is 12.7. The van der Waals surface area contributed by atoms with Crippen molar-refractivity contribution >= 4 is 0 Å². The molecule has 3 nitrogen and oxygen atoms in total. The number of likely N-dealkylation sites (tertiary alicyclic amines) is 2. The minimum Gasteiger partial charge on any atom is -0.311 e. The Morgan fingerprint density at radius 1 is 1.00 bits per heavy atom. The van der Waals surface area contributed by atoms with E-state index >= 15 is 0 Å². The van der Waals surface area contributed by atoms with Crippen molar-refractivity contribution in [2.45, 2.75) is 69.8 Å². The Bertz CT molecular complexity index is 586. The monoisotopic (exact) mass is 397 g/mol. The number of rotatable bonds is 6. The van der Waals surface area contributed by atoms with Crippen LogP contribution in [0, 0.1) is 0 Å². The molecule has 6 heteroatoms. The lowest BCUT2D eigenvalue weighted by molar-refractivity contribution is -0.137. The van der Waals surface area contributed by atoms with Crippen molar-refractivity contribution in [3.05, 3.63) is 35.4 Å². The Morgan fingerprint density at radius 3 is 2.14 bits per heavy atom. The van der Waals surface area contributed by atoms with Gasteiger partial charge in [-0.25, -0.2) is 0 Å². The third-order valence-corrected chi connectivity index (χ3v) is 6.46. The number of alkyl halides is 3. The number of nitrogens with one attached hydrogen (secondary N) is 1. The fraction of sp³-hybridized carbons (Fsp3) is 0.727. The van der Waals surface area contributed by atoms with Gasteiger partial charge in [-0.1, -0.05) is 19.1 Å². The van der Waals surface area contributed by atoms with E-state index in [0.29, 0.717) is 12.1 Å². The molecule has 1 atom stereocenters. The summed E-state index contributed by atoms with van der Waals surface area (Å²) in [6.45, 7) is 6.86. The van der Waals surface area contributed by atoms with Crippen LogP contribution in [0.3, 0.4) is 0 Å². The molecule has 0 aromatic heterocycles. The van der Waals surface area contributed by atoms with Crippen LogP contribution in [0.15, 0.2) is 24.3 Å². The number of halogens is 3. The Hall–Kier alpha value is -1.11. The molecule has 2 heterocycles. The van der Waals surface area contributed by atoms with Crippen molar-refractivity contribution < 1.29 is 13.2 Å². The lowest BCUT2D eigenvalue weighted by Gasteiger charge is -2.41. The Labute approximate surface area is 167 Å². The lowest BCUT2D eigenvalue weighted by atomic mass is 9.96. The zero-order valence-corrected chi connectivity index (χ0v) is 17.1. The van der Waals surface area contributed by atoms with E-state index in [9.17, 15) is 13.2 Å². The number of benzene rings is 1. The summed E-state index contributed by atoms with van der Waals surface area (Å²) in [6.07, 6.45) is 2.38. The van der Waals surface area contributed by atoms with Crippen LogP contribution in [0.2, 0.25) is 0 Å². The highest BCUT2D eigenvalue weighted by Crippen LogP contribution is 2.29. The van der Waals surface area contributed by atoms with Crippen LogP contribution in [0.4, 0.5) is 13.2 Å². The summed E-state index contributed by atoms with van der Waals surface area (Å²) >= 11 is 0. The van der Waals surface area contributed by atoms with Crippen molar-refractivity contribution in [2.75, 3.05) is 33.2 Å². The maximum atomic E-state index is 12.7. The van der Waals surface area contributed by atoms with Crippen LogP contribution in [0.25, 0.3) is 0 Å². The van der Waals surface area contributed by atoms with Gasteiger partial charge in [0.25, 0.3) is 0 Å². The van der Waals surface area contributed by atoms with Crippen LogP contribution < -0.4 is 5.32 Å². The van der Waals surface area contributed by atoms with E-state index in [-0.39, 0.29) is 0 Å². The predicted molar refractivity (Wildman–Crippen MR) is 107 cm³/mol. The smallest absolute Gasteiger partial charge is 0.311 e. The minimum atomic E-state index is -4.26. The molecule has 28 heavy (non-hydrogen) atoms. The summed E-state index contributed by atoms with van der Waals surface area (Å²) in [4.78, 5) is 5.08. The second kappa shape index (κ2) is 9.59. The van der Waals surface area contributed by atoms with Crippen molar-refractivity contribution in [3.63, 3.8) is 0 Å². The van der Waals surface area contributed by atoms with Gasteiger partial charge in [0.15, 0.2) is 0 Å². The quantitative estimate of drug-likeness (QED) is 0.777. The first-order valence-electron chi connectivity index (χ1n) is 10.7. The molecule has 1 aromatic carbocycles. The second-order valence-electron chi connectivity index (χ2n) is 8.52. The van der Waals surface area contributed by atoms with Gasteiger partial charge in [-0.05, 0) is 89.4 Å². The number of hydrogen-bond acceptors (Lipinski definition) is 3. The van der Waals surface area contributed by atoms with E-state index in [0.717, 1.165) is 50.4 Å². The van der Waals surface area contributed by atoms with Crippen LogP contribution >= 0.6 is 0 Å². The maximum Gasteiger partial charge on any atom is 0.416 e. The molecule has 3 rings (SSSR count). The van der Waals surface area contributed by atoms with Gasteiger partial charge >= 0.3 is 6.18 Å². The lowest BCUT2D eigenvalue weighted by Crippen LogP contribution is -2.51. The van der Waals surface area contributed by atoms with Gasteiger partial charge in [0.05, 0.1) is 5.56 Å². The van der Waals surface area contributed by atoms with Crippen molar-refractivity contribution in [3.8, 4) is 0 Å². The highest BCUT2D eigenvalue weighted by Gasteiger charge is 2.30. The molecular weight excluding hydrogens is 363 g/mol. The first kappa shape index (κ1) is 21.6. The van der Waals surface area contributed by atoms with Gasteiger partial charge in [0.2, 0.25) is 0 Å². The zero-order chi connectivity index (χ0) is 20.1. The molecule has 0 amide bonds. The summed E-state index contributed by atoms with van der Waals surface area (Å²) in [5.74, 6) is 0. The zero-order valence-electron chi connectivity index (χ0n) is 17.1. The summed E-state index contributed by atoms with van der Waals surface area (Å²) < 4.78 is 38.2. The van der Waals surface area contributed by atoms with E-state index in [1.54, 1.807) is 12.1 Å². The van der Waals surface area contributed by atoms with Crippen molar-refractivity contribution in [2.24, 2.45) is 0 Å². The molecule has 0 saturated carbocycles. The van der Waals surface area contributed by atoms with E-state index in [4.69, 9.17) is 0 Å². The molecule has 0 spiro atoms. The van der Waals surface area contributed by atoms with Crippen molar-refractivity contribution in [1.29, 1.82) is 0 Å². The fourth-order valence-corrected chi connectivity index (χ4v) is 4.56. The Balaban J connectivity index is 1.45. The SMILES string of the molecule is CCC(Cc1ccc(C(F)(F)F)cc1)NC1CCN(C2CCN(C)CC2)CC1. The summed E-state index contributed by atoms with van der Waals surface area (Å²) in [5, 5.41) is 3.77. The molecule has 1 N–H and O–H groups in total. The first-order chi connectivity index (χ1) is 13.3. The standard InChI is InChI=1S/C22H34F3N3/c1-3-19(16-17-4-6-18(7-5-17)22(23,24)25)26-20-8-14-28(15-9-20)21-10-12-27(2)13-11-21/h4-7,19-21,26H,3,8-16H2,1-2H3. The van der Waals surface area contributed by atoms with Crippen LogP contribution in [-0.2, 0) is 12.6 Å². The fourth-order valence-electron chi connectivity index (χ4n) is 4.56. The van der Waals surface area contributed by atoms with Gasteiger partial charge < -0.3 is 15.1 Å². The van der Waals surface area contributed by atoms with Crippen LogP contribution in [0.1, 0.15) is 50.2 Å². The van der Waals surface area contributed by atoms with E-state index in [1.165, 1.54) is 38.1 Å². The van der Waals surface area contributed by atoms with Gasteiger partial charge in [-0.2, -0.15) is 13.2 Å². The average Bonchev–Trinajstić information content (AvgIpc) is 2.68. The molecule has 2 saturated heterocycles. The molecular formula is C22H34F3N3. The molecule has 158 valence electrons. The van der Waals surface area contributed by atoms with Crippen molar-refractivity contribution in [1.82, 2.24) is 15.1 Å². The Morgan fingerprint density at radius 2 is 1.61 bits per heavy atom. The molecule has 2 aliphatic rings. The van der Waals surface area contributed by atoms with Crippen LogP contribution in [-0.4, -0.2) is 61.2 Å². The number of piperidine rings is 2. The third kappa shape index (κ3) is 5.94. The summed E-state index contributed by atoms with van der Waals surface area (Å²) in [7, 11) is 2.20.